The molecule has 0 aromatic heterocycles. The predicted molar refractivity (Wildman–Crippen MR) is 25.7 cm³/mol. The Hall–Kier alpha value is 0.620. The number of hydrogen-bond donors (Lipinski definition) is 2. The van der Waals surface area contributed by atoms with Crippen LogP contribution in [0, 0.1) is 0 Å². The monoisotopic (exact) mass is 264 g/mol. The molecule has 7 nitrogen and oxygen atoms in total. The number of rotatable bonds is 0. The molecule has 9 heavy (non-hydrogen) atoms. The second-order valence-electron chi connectivity index (χ2n) is 0.448. The molecule has 0 amide bonds. The van der Waals surface area contributed by atoms with Gasteiger partial charge in [0, 0.05) is 0 Å². The maximum absolute atomic E-state index is 8.74. The van der Waals surface area contributed by atoms with Gasteiger partial charge < -0.3 is 16.4 Å². The van der Waals surface area contributed by atoms with Crippen LogP contribution in [-0.4, -0.2) is 59.8 Å². The summed E-state index contributed by atoms with van der Waals surface area (Å²) in [5.41, 5.74) is 0. The van der Waals surface area contributed by atoms with Crippen molar-refractivity contribution < 1.29 is 34.0 Å². The molecule has 0 aromatic rings. The van der Waals surface area contributed by atoms with E-state index in [0.29, 0.717) is 0 Å². The van der Waals surface area contributed by atoms with E-state index in [0.717, 1.165) is 0 Å². The largest absolute Gasteiger partial charge is 3.00 e. The third-order valence-electron chi connectivity index (χ3n) is 0. The fourth-order valence-electron chi connectivity index (χ4n) is 0. The fraction of sp³-hybridized carbons (Fsp3) is 0. The Morgan fingerprint density at radius 3 is 0.889 bits per heavy atom. The molecule has 0 heterocycles. The quantitative estimate of drug-likeness (QED) is 0.498. The van der Waals surface area contributed by atoms with E-state index in [1.165, 1.54) is 0 Å². The molecule has 0 saturated carbocycles. The van der Waals surface area contributed by atoms with E-state index in [1.807, 2.05) is 0 Å². The first-order chi connectivity index (χ1) is 2.00. The Labute approximate surface area is 70.4 Å². The van der Waals surface area contributed by atoms with Crippen LogP contribution in [0.5, 0.6) is 0 Å². The molecular weight excluding hydrogens is 259 g/mol. The number of hydrogen-bond acceptors (Lipinski definition) is 5. The summed E-state index contributed by atoms with van der Waals surface area (Å²) in [6.45, 7) is 0. The van der Waals surface area contributed by atoms with Crippen LogP contribution in [0.2, 0.25) is 0 Å². The minimum absolute atomic E-state index is 0. The van der Waals surface area contributed by atoms with Crippen molar-refractivity contribution in [3.63, 3.8) is 0 Å². The second kappa shape index (κ2) is 11.4. The van der Waals surface area contributed by atoms with Gasteiger partial charge in [0.1, 0.15) is 0 Å². The topological polar surface area (TPSA) is 165 Å². The Bertz CT molecular complexity index is 92.1. The van der Waals surface area contributed by atoms with Gasteiger partial charge in [0.25, 0.3) is 0 Å². The third kappa shape index (κ3) is 982. The first-order valence-corrected chi connectivity index (χ1v) is 2.10. The van der Waals surface area contributed by atoms with Gasteiger partial charge in [0.2, 0.25) is 0 Å². The predicted octanol–water partition coefficient (Wildman–Crippen LogP) is -1.56. The Morgan fingerprint density at radius 2 is 0.889 bits per heavy atom. The average molecular weight is 264 g/mol. The van der Waals surface area contributed by atoms with Crippen LogP contribution in [-0.2, 0) is 10.4 Å². The van der Waals surface area contributed by atoms with Crippen molar-refractivity contribution in [1.82, 2.24) is 0 Å². The van der Waals surface area contributed by atoms with Crippen LogP contribution in [0.15, 0.2) is 0 Å². The van der Waals surface area contributed by atoms with Crippen LogP contribution in [0.25, 0.3) is 0 Å². The van der Waals surface area contributed by atoms with Gasteiger partial charge in [0.15, 0.2) is 0 Å². The van der Waals surface area contributed by atoms with Gasteiger partial charge >= 0.3 is 36.2 Å². The molecule has 0 unspecified atom stereocenters. The molecule has 0 aliphatic rings. The van der Waals surface area contributed by atoms with E-state index >= 15 is 0 Å². The van der Waals surface area contributed by atoms with Gasteiger partial charge in [-0.1, -0.05) is 0 Å². The summed E-state index contributed by atoms with van der Waals surface area (Å²) in [6, 6.07) is 0. The minimum atomic E-state index is -4.67. The van der Waals surface area contributed by atoms with Crippen LogP contribution < -0.4 is 0 Å². The van der Waals surface area contributed by atoms with Gasteiger partial charge in [0.05, 0.1) is 0 Å². The molecular formula is H5InO7S. The molecule has 0 aromatic carbocycles. The zero-order chi connectivity index (χ0) is 4.50. The van der Waals surface area contributed by atoms with Crippen molar-refractivity contribution in [3.05, 3.63) is 0 Å². The van der Waals surface area contributed by atoms with Crippen molar-refractivity contribution >= 4 is 36.2 Å². The van der Waals surface area contributed by atoms with Crippen molar-refractivity contribution in [2.75, 3.05) is 0 Å². The van der Waals surface area contributed by atoms with Crippen molar-refractivity contribution in [2.45, 2.75) is 0 Å². The summed E-state index contributed by atoms with van der Waals surface area (Å²) < 4.78 is 31.6. The van der Waals surface area contributed by atoms with Gasteiger partial charge in [-0.25, -0.2) is 0 Å². The van der Waals surface area contributed by atoms with Crippen LogP contribution in [0.4, 0.5) is 0 Å². The summed E-state index contributed by atoms with van der Waals surface area (Å²) in [4.78, 5) is 0. The van der Waals surface area contributed by atoms with E-state index in [1.54, 1.807) is 0 Å². The van der Waals surface area contributed by atoms with Gasteiger partial charge in [-0.05, 0) is 0 Å². The molecule has 5 N–H and O–H groups in total. The summed E-state index contributed by atoms with van der Waals surface area (Å²) in [5, 5.41) is 0. The Balaban J connectivity index is -0.0000000133. The first-order valence-electron chi connectivity index (χ1n) is 0.698. The van der Waals surface area contributed by atoms with Crippen LogP contribution in [0.1, 0.15) is 0 Å². The zero-order valence-corrected chi connectivity index (χ0v) is 8.15. The van der Waals surface area contributed by atoms with Crippen molar-refractivity contribution in [1.29, 1.82) is 0 Å². The molecule has 0 rings (SSSR count). The SMILES string of the molecule is O=S(=O)(O)O.[In+3].[OH-].[OH-].[OH-]. The molecule has 0 aliphatic carbocycles. The molecule has 56 valence electrons. The maximum atomic E-state index is 8.74. The molecule has 0 spiro atoms. The summed E-state index contributed by atoms with van der Waals surface area (Å²) in [6.07, 6.45) is 0. The Kier molecular flexibility index (Phi) is 42.5. The summed E-state index contributed by atoms with van der Waals surface area (Å²) in [7, 11) is -4.67. The van der Waals surface area contributed by atoms with E-state index in [2.05, 4.69) is 0 Å². The standard InChI is InChI=1S/In.H2O4S.3H2O/c;1-5(2,3)4;;;/h;(H2,1,2,3,4);3*1H2/q+3;;;;/p-3. The zero-order valence-electron chi connectivity index (χ0n) is 4.04. The molecule has 0 radical (unpaired) electrons. The summed E-state index contributed by atoms with van der Waals surface area (Å²) in [5.74, 6) is 0. The molecule has 9 heteroatoms. The fourth-order valence-corrected chi connectivity index (χ4v) is 0. The molecule has 0 bridgehead atoms. The van der Waals surface area contributed by atoms with Gasteiger partial charge in [-0.3, -0.25) is 9.11 Å². The van der Waals surface area contributed by atoms with Crippen LogP contribution >= 0.6 is 0 Å². The maximum Gasteiger partial charge on any atom is 3.00 e. The van der Waals surface area contributed by atoms with E-state index in [4.69, 9.17) is 17.5 Å². The summed E-state index contributed by atoms with van der Waals surface area (Å²) >= 11 is 0. The minimum Gasteiger partial charge on any atom is -0.870 e. The van der Waals surface area contributed by atoms with E-state index in [-0.39, 0.29) is 42.3 Å². The normalized spacial score (nSPS) is 6.44. The molecule has 0 saturated heterocycles. The average Bonchev–Trinajstić information content (AvgIpc) is 0.722. The van der Waals surface area contributed by atoms with E-state index < -0.39 is 10.4 Å². The molecule has 0 fully saturated rings. The first kappa shape index (κ1) is 33.5. The van der Waals surface area contributed by atoms with Crippen LogP contribution in [0.3, 0.4) is 0 Å². The molecule has 0 atom stereocenters. The smallest absolute Gasteiger partial charge is 0.870 e. The Morgan fingerprint density at radius 1 is 0.889 bits per heavy atom. The van der Waals surface area contributed by atoms with Crippen molar-refractivity contribution in [3.8, 4) is 0 Å². The second-order valence-corrected chi connectivity index (χ2v) is 1.34. The van der Waals surface area contributed by atoms with E-state index in [9.17, 15) is 0 Å². The third-order valence-corrected chi connectivity index (χ3v) is 0. The van der Waals surface area contributed by atoms with Gasteiger partial charge in [-0.15, -0.1) is 0 Å². The van der Waals surface area contributed by atoms with Gasteiger partial charge in [-0.2, -0.15) is 8.42 Å². The molecule has 0 aliphatic heterocycles. The van der Waals surface area contributed by atoms with Crippen molar-refractivity contribution in [2.24, 2.45) is 0 Å².